The molecule has 736 valence electrons. The Morgan fingerprint density at radius 1 is 0.310 bits per heavy atom. The second kappa shape index (κ2) is 47.0. The summed E-state index contributed by atoms with van der Waals surface area (Å²) >= 11 is 0. The maximum Gasteiger partial charge on any atom is 0.258 e. The minimum atomic E-state index is -0.0457. The average molecular weight is 1910 g/mol. The van der Waals surface area contributed by atoms with Gasteiger partial charge in [0.2, 0.25) is 0 Å². The number of para-hydroxylation sites is 3. The van der Waals surface area contributed by atoms with Crippen molar-refractivity contribution in [2.24, 2.45) is 0 Å². The predicted octanol–water partition coefficient (Wildman–Crippen LogP) is 20.0. The van der Waals surface area contributed by atoms with Gasteiger partial charge in [0, 0.05) is 135 Å². The lowest BCUT2D eigenvalue weighted by Gasteiger charge is -2.30. The molecular formula is C119H136N14O9. The first-order valence-electron chi connectivity index (χ1n) is 50.9. The molecule has 6 saturated heterocycles. The molecule has 6 aliphatic heterocycles. The van der Waals surface area contributed by atoms with Crippen LogP contribution in [0.25, 0.3) is 109 Å². The fourth-order valence-corrected chi connectivity index (χ4v) is 21.6. The van der Waals surface area contributed by atoms with Crippen molar-refractivity contribution in [3.8, 4) is 56.0 Å². The van der Waals surface area contributed by atoms with Crippen molar-refractivity contribution in [1.29, 1.82) is 0 Å². The Balaban J connectivity index is 0.000000118. The largest absolute Gasteiger partial charge is 0.497 e. The van der Waals surface area contributed by atoms with Gasteiger partial charge in [-0.05, 0) is 295 Å². The first kappa shape index (κ1) is 100. The summed E-state index contributed by atoms with van der Waals surface area (Å²) in [5.41, 5.74) is 19.8. The summed E-state index contributed by atoms with van der Waals surface area (Å²) in [6.45, 7) is 24.5. The van der Waals surface area contributed by atoms with E-state index in [1.165, 1.54) is 65.7 Å². The zero-order chi connectivity index (χ0) is 98.9. The van der Waals surface area contributed by atoms with Crippen LogP contribution in [0.4, 0.5) is 0 Å². The van der Waals surface area contributed by atoms with Crippen molar-refractivity contribution in [1.82, 2.24) is 69.3 Å². The van der Waals surface area contributed by atoms with Crippen LogP contribution in [0.3, 0.4) is 0 Å². The van der Waals surface area contributed by atoms with Gasteiger partial charge in [-0.1, -0.05) is 188 Å². The Hall–Kier alpha value is -13.4. The molecule has 0 amide bonds. The van der Waals surface area contributed by atoms with Crippen LogP contribution < -0.4 is 42.8 Å². The number of morpholine rings is 1. The first-order valence-corrected chi connectivity index (χ1v) is 50.9. The number of likely N-dealkylation sites (tertiary alicyclic amines) is 5. The molecule has 12 heterocycles. The third-order valence-electron chi connectivity index (χ3n) is 29.7. The van der Waals surface area contributed by atoms with Crippen LogP contribution in [0.15, 0.2) is 259 Å². The number of hydrogen-bond donors (Lipinski definition) is 6. The van der Waals surface area contributed by atoms with Crippen molar-refractivity contribution < 1.29 is 14.2 Å². The lowest BCUT2D eigenvalue weighted by Crippen LogP contribution is -2.37. The molecule has 10 aromatic carbocycles. The van der Waals surface area contributed by atoms with E-state index in [1.54, 1.807) is 14.2 Å². The smallest absolute Gasteiger partial charge is 0.258 e. The Bertz CT molecular complexity index is 7370. The van der Waals surface area contributed by atoms with Gasteiger partial charge in [0.05, 0.1) is 49.2 Å². The van der Waals surface area contributed by atoms with Gasteiger partial charge < -0.3 is 68.6 Å². The molecule has 0 bridgehead atoms. The monoisotopic (exact) mass is 1910 g/mol. The van der Waals surface area contributed by atoms with E-state index in [2.05, 4.69) is 196 Å². The Morgan fingerprint density at radius 2 is 0.634 bits per heavy atom. The summed E-state index contributed by atoms with van der Waals surface area (Å²) in [7, 11) is 12.0. The Labute approximate surface area is 830 Å². The highest BCUT2D eigenvalue weighted by Crippen LogP contribution is 2.45. The van der Waals surface area contributed by atoms with Crippen molar-refractivity contribution in [2.75, 3.05) is 147 Å². The summed E-state index contributed by atoms with van der Waals surface area (Å²) in [6, 6.07) is 76.4. The third-order valence-corrected chi connectivity index (χ3v) is 29.7. The number of hydrogen-bond acceptors (Lipinski definition) is 17. The Morgan fingerprint density at radius 3 is 1.04 bits per heavy atom. The summed E-state index contributed by atoms with van der Waals surface area (Å²) in [5, 5.41) is 8.50. The molecule has 23 heteroatoms. The van der Waals surface area contributed by atoms with Crippen molar-refractivity contribution in [2.45, 2.75) is 135 Å². The topological polar surface area (TPSA) is 270 Å². The molecule has 23 nitrogen and oxygen atoms in total. The van der Waals surface area contributed by atoms with E-state index < -0.39 is 0 Å². The van der Waals surface area contributed by atoms with Gasteiger partial charge in [-0.15, -0.1) is 0 Å². The maximum atomic E-state index is 12.7. The molecule has 0 spiro atoms. The molecule has 6 fully saturated rings. The number of rotatable bonds is 16. The molecule has 6 aromatic heterocycles. The second-order valence-electron chi connectivity index (χ2n) is 39.4. The number of nitrogens with zero attached hydrogens (tertiary/aromatic N) is 8. The van der Waals surface area contributed by atoms with Gasteiger partial charge in [-0.3, -0.25) is 33.7 Å². The van der Waals surface area contributed by atoms with Gasteiger partial charge in [0.1, 0.15) is 23.1 Å². The molecular weight excluding hydrogens is 1770 g/mol. The molecule has 16 aromatic rings. The SMILES string of the molecule is COc1cccc(-c2c(C3CCN(C)CC3)[nH]c(=O)c3ccccc23)c1.COc1ccccc1-c1c(C2CCN(C)CC2)[nH]c(=O)c2ccccc12.Cc1cccc(-c2c(C3CCN(C)CC3)[nH]c(=O)c3ccccc23)c1.Cc1cccc2c(=O)[nH]c(CCN3CCCCC3)nc12.Cc1cccc2c(=O)[nH]c(CCN3CCOCC3)nc12.Cc1ccccc1-c1c(C2CCN(C)CC2)[nH]c(=O)c2ccccc12. The van der Waals surface area contributed by atoms with Gasteiger partial charge in [-0.2, -0.15) is 0 Å². The van der Waals surface area contributed by atoms with Crippen LogP contribution in [-0.4, -0.2) is 217 Å². The summed E-state index contributed by atoms with van der Waals surface area (Å²) in [4.78, 5) is 117. The van der Waals surface area contributed by atoms with E-state index in [4.69, 9.17) is 14.2 Å². The number of methoxy groups -OCH3 is 2. The number of benzene rings is 10. The second-order valence-corrected chi connectivity index (χ2v) is 39.4. The number of pyridine rings is 4. The first-order chi connectivity index (χ1) is 69.1. The van der Waals surface area contributed by atoms with Gasteiger partial charge in [-0.25, -0.2) is 9.97 Å². The highest BCUT2D eigenvalue weighted by atomic mass is 16.5. The third kappa shape index (κ3) is 23.7. The van der Waals surface area contributed by atoms with E-state index >= 15 is 0 Å². The predicted molar refractivity (Wildman–Crippen MR) is 580 cm³/mol. The number of ether oxygens (including phenoxy) is 3. The fraction of sp³-hybridized carbons (Fsp3) is 0.361. The fourth-order valence-electron chi connectivity index (χ4n) is 21.6. The molecule has 22 rings (SSSR count). The molecule has 0 atom stereocenters. The molecule has 6 aliphatic rings. The minimum Gasteiger partial charge on any atom is -0.497 e. The quantitative estimate of drug-likeness (QED) is 0.0525. The van der Waals surface area contributed by atoms with Gasteiger partial charge >= 0.3 is 0 Å². The van der Waals surface area contributed by atoms with E-state index in [-0.39, 0.29) is 33.4 Å². The van der Waals surface area contributed by atoms with Crippen LogP contribution >= 0.6 is 0 Å². The van der Waals surface area contributed by atoms with Crippen LogP contribution in [0.1, 0.15) is 151 Å². The van der Waals surface area contributed by atoms with Crippen molar-refractivity contribution in [3.05, 3.63) is 349 Å². The van der Waals surface area contributed by atoms with E-state index in [1.807, 2.05) is 159 Å². The number of H-pyrrole nitrogens is 6. The van der Waals surface area contributed by atoms with Crippen molar-refractivity contribution in [3.63, 3.8) is 0 Å². The zero-order valence-electron chi connectivity index (χ0n) is 84.0. The lowest BCUT2D eigenvalue weighted by atomic mass is 9.85. The lowest BCUT2D eigenvalue weighted by molar-refractivity contribution is 0.0382. The summed E-state index contributed by atoms with van der Waals surface area (Å²) in [5.74, 6) is 4.76. The molecule has 0 saturated carbocycles. The number of fused-ring (bicyclic) bond motifs is 6. The van der Waals surface area contributed by atoms with E-state index in [0.29, 0.717) is 34.4 Å². The number of aromatic amines is 6. The number of nitrogens with one attached hydrogen (secondary N) is 6. The van der Waals surface area contributed by atoms with E-state index in [0.717, 1.165) is 289 Å². The Kier molecular flexibility index (Phi) is 33.2. The van der Waals surface area contributed by atoms with Gasteiger partial charge in [0.25, 0.3) is 33.4 Å². The van der Waals surface area contributed by atoms with Crippen LogP contribution in [0.2, 0.25) is 0 Å². The van der Waals surface area contributed by atoms with Crippen LogP contribution in [-0.2, 0) is 17.6 Å². The number of aryl methyl sites for hydroxylation is 4. The highest BCUT2D eigenvalue weighted by molar-refractivity contribution is 6.02. The van der Waals surface area contributed by atoms with E-state index in [9.17, 15) is 28.8 Å². The average Bonchev–Trinajstić information content (AvgIpc) is 0.771. The molecule has 0 aliphatic carbocycles. The standard InChI is InChI=1S/2C22H24N2O2.2C22H24N2O.C16H21N3O.C15H19N3O2/c1-24-12-10-15(11-13-24)21-20(16-6-5-7-17(14-16)26-2)18-8-3-4-9-19(18)22(25)23-21;1-24-13-11-15(12-14-24)21-20(18-9-5-6-10-19(18)26-2)16-7-3-4-8-17(16)22(25)23-21;1-15-6-5-7-17(14-15)20-18-8-3-4-9-19(18)22(25)23-21(20)16-10-12-24(2)13-11-16;1-15-7-3-4-8-17(15)20-18-9-5-6-10-19(18)22(25)23-21(20)16-11-13-24(2)14-12-16;1-12-6-5-7-13-15(12)17-14(18-16(13)20)8-11-19-9-3-2-4-10-19;1-11-3-2-4-12-14(11)16-13(17-15(12)19)5-6-18-7-9-20-10-8-18/h3-9,14-15H,10-13H2,1-2H3,(H,23,25);3-10,15H,11-14H2,1-2H3,(H,23,25);3-9,14,16H,10-13H2,1-2H3,(H,23,25);3-10,16H,11-14H2,1-2H3,(H,23,25);5-7H,2-4,8-11H2,1H3,(H,17,18,20);2-4H,5-10H2,1H3,(H,16,17,19). The minimum absolute atomic E-state index is 0.00109. The zero-order valence-corrected chi connectivity index (χ0v) is 84.0. The maximum absolute atomic E-state index is 12.7. The highest BCUT2D eigenvalue weighted by Gasteiger charge is 2.31. The number of piperidine rings is 5. The van der Waals surface area contributed by atoms with Crippen LogP contribution in [0.5, 0.6) is 11.5 Å². The number of aromatic nitrogens is 8. The summed E-state index contributed by atoms with van der Waals surface area (Å²) in [6.07, 6.45) is 14.1. The summed E-state index contributed by atoms with van der Waals surface area (Å²) < 4.78 is 16.4. The molecule has 142 heavy (non-hydrogen) atoms. The van der Waals surface area contributed by atoms with Crippen LogP contribution in [0, 0.1) is 27.7 Å². The normalized spacial score (nSPS) is 16.4. The van der Waals surface area contributed by atoms with Crippen molar-refractivity contribution >= 4 is 64.9 Å². The molecule has 6 N–H and O–H groups in total. The molecule has 0 unspecified atom stereocenters. The van der Waals surface area contributed by atoms with Gasteiger partial charge in [0.15, 0.2) is 0 Å². The molecule has 0 radical (unpaired) electrons.